The van der Waals surface area contributed by atoms with Gasteiger partial charge in [0.05, 0.1) is 5.56 Å². The number of carbonyl (C=O) groups excluding carboxylic acids is 2. The topological polar surface area (TPSA) is 52.6 Å². The Labute approximate surface area is 120 Å². The van der Waals surface area contributed by atoms with Gasteiger partial charge >= 0.3 is 11.9 Å². The Morgan fingerprint density at radius 1 is 1.05 bits per heavy atom. The van der Waals surface area contributed by atoms with Crippen molar-refractivity contribution in [2.75, 3.05) is 0 Å². The molecule has 0 atom stereocenters. The zero-order chi connectivity index (χ0) is 15.3. The van der Waals surface area contributed by atoms with Gasteiger partial charge < -0.3 is 9.47 Å². The van der Waals surface area contributed by atoms with E-state index in [1.807, 2.05) is 0 Å². The van der Waals surface area contributed by atoms with Crippen LogP contribution in [0.15, 0.2) is 18.2 Å². The zero-order valence-electron chi connectivity index (χ0n) is 12.4. The van der Waals surface area contributed by atoms with Gasteiger partial charge in [0, 0.05) is 19.9 Å². The van der Waals surface area contributed by atoms with Crippen LogP contribution in [0, 0.1) is 11.5 Å². The van der Waals surface area contributed by atoms with Crippen molar-refractivity contribution >= 4 is 20.0 Å². The molecule has 0 unspecified atom stereocenters. The molecule has 0 fully saturated rings. The van der Waals surface area contributed by atoms with E-state index in [4.69, 9.17) is 9.47 Å². The van der Waals surface area contributed by atoms with Crippen LogP contribution in [-0.2, 0) is 9.59 Å². The molecule has 0 aliphatic rings. The number of hydrogen-bond acceptors (Lipinski definition) is 4. The monoisotopic (exact) mass is 290 g/mol. The number of rotatable bonds is 2. The lowest BCUT2D eigenvalue weighted by Gasteiger charge is -2.08. The molecule has 1 aromatic rings. The molecule has 5 heteroatoms. The summed E-state index contributed by atoms with van der Waals surface area (Å²) in [6.07, 6.45) is 0. The predicted molar refractivity (Wildman–Crippen MR) is 79.3 cm³/mol. The van der Waals surface area contributed by atoms with Gasteiger partial charge in [-0.1, -0.05) is 25.6 Å². The van der Waals surface area contributed by atoms with Crippen molar-refractivity contribution in [3.8, 4) is 23.0 Å². The fraction of sp³-hybridized carbons (Fsp3) is 0.333. The highest BCUT2D eigenvalue weighted by atomic mass is 28.3. The Morgan fingerprint density at radius 2 is 1.65 bits per heavy atom. The largest absolute Gasteiger partial charge is 0.427 e. The van der Waals surface area contributed by atoms with Crippen LogP contribution in [0.1, 0.15) is 19.4 Å². The Balaban J connectivity index is 3.18. The fourth-order valence-corrected chi connectivity index (χ4v) is 1.84. The molecule has 4 nitrogen and oxygen atoms in total. The molecule has 0 radical (unpaired) electrons. The minimum absolute atomic E-state index is 0.307. The first kappa shape index (κ1) is 16.0. The molecule has 20 heavy (non-hydrogen) atoms. The second kappa shape index (κ2) is 6.39. The Bertz CT molecular complexity index is 588. The van der Waals surface area contributed by atoms with Crippen LogP contribution in [-0.4, -0.2) is 20.0 Å². The van der Waals surface area contributed by atoms with Crippen LogP contribution in [0.2, 0.25) is 19.6 Å². The maximum atomic E-state index is 11.1. The number of hydrogen-bond donors (Lipinski definition) is 0. The van der Waals surface area contributed by atoms with E-state index < -0.39 is 20.0 Å². The Kier molecular flexibility index (Phi) is 5.11. The van der Waals surface area contributed by atoms with E-state index >= 15 is 0 Å². The first-order chi connectivity index (χ1) is 9.17. The summed E-state index contributed by atoms with van der Waals surface area (Å²) in [5.41, 5.74) is 3.81. The summed E-state index contributed by atoms with van der Waals surface area (Å²) < 4.78 is 10.1. The van der Waals surface area contributed by atoms with Gasteiger partial charge in [-0.05, 0) is 12.1 Å². The van der Waals surface area contributed by atoms with Gasteiger partial charge in [0.1, 0.15) is 19.6 Å². The fourth-order valence-electron chi connectivity index (χ4n) is 1.33. The van der Waals surface area contributed by atoms with Crippen molar-refractivity contribution in [3.63, 3.8) is 0 Å². The Hall–Kier alpha value is -2.06. The average Bonchev–Trinajstić information content (AvgIpc) is 2.25. The van der Waals surface area contributed by atoms with Crippen molar-refractivity contribution in [1.82, 2.24) is 0 Å². The average molecular weight is 290 g/mol. The number of ether oxygens (including phenoxy) is 2. The van der Waals surface area contributed by atoms with Gasteiger partial charge in [0.15, 0.2) is 0 Å². The highest BCUT2D eigenvalue weighted by molar-refractivity contribution is 6.83. The van der Waals surface area contributed by atoms with Gasteiger partial charge in [-0.3, -0.25) is 9.59 Å². The molecule has 0 bridgehead atoms. The molecule has 0 heterocycles. The Morgan fingerprint density at radius 3 is 2.15 bits per heavy atom. The molecule has 0 amide bonds. The van der Waals surface area contributed by atoms with Gasteiger partial charge in [-0.25, -0.2) is 0 Å². The first-order valence-corrected chi connectivity index (χ1v) is 9.71. The van der Waals surface area contributed by atoms with E-state index in [0.29, 0.717) is 17.1 Å². The molecule has 106 valence electrons. The maximum absolute atomic E-state index is 11.1. The van der Waals surface area contributed by atoms with Crippen LogP contribution in [0.4, 0.5) is 0 Å². The molecular weight excluding hydrogens is 272 g/mol. The third-order valence-electron chi connectivity index (χ3n) is 2.04. The lowest BCUT2D eigenvalue weighted by Crippen LogP contribution is -2.16. The van der Waals surface area contributed by atoms with Gasteiger partial charge in [0.2, 0.25) is 0 Å². The van der Waals surface area contributed by atoms with Crippen LogP contribution in [0.25, 0.3) is 0 Å². The van der Waals surface area contributed by atoms with Crippen LogP contribution in [0.3, 0.4) is 0 Å². The minimum atomic E-state index is -1.53. The standard InChI is InChI=1S/C15H18O4Si/c1-11(16)18-14-7-6-13(8-9-20(3,4)5)15(10-14)19-12(2)17/h6-7,10H,1-5H3. The van der Waals surface area contributed by atoms with Crippen molar-refractivity contribution in [1.29, 1.82) is 0 Å². The third-order valence-corrected chi connectivity index (χ3v) is 2.92. The second-order valence-corrected chi connectivity index (χ2v) is 10.1. The van der Waals surface area contributed by atoms with E-state index in [1.165, 1.54) is 19.9 Å². The molecule has 0 aromatic heterocycles. The number of carbonyl (C=O) groups is 2. The van der Waals surface area contributed by atoms with E-state index in [-0.39, 0.29) is 0 Å². The predicted octanol–water partition coefficient (Wildman–Crippen LogP) is 2.77. The van der Waals surface area contributed by atoms with Crippen LogP contribution >= 0.6 is 0 Å². The quantitative estimate of drug-likeness (QED) is 0.364. The van der Waals surface area contributed by atoms with Crippen LogP contribution in [0.5, 0.6) is 11.5 Å². The molecule has 0 N–H and O–H groups in total. The summed E-state index contributed by atoms with van der Waals surface area (Å²) in [4.78, 5) is 22.1. The molecule has 1 rings (SSSR count). The van der Waals surface area contributed by atoms with E-state index in [9.17, 15) is 9.59 Å². The highest BCUT2D eigenvalue weighted by Gasteiger charge is 2.11. The van der Waals surface area contributed by atoms with Gasteiger partial charge in [-0.15, -0.1) is 5.54 Å². The summed E-state index contributed by atoms with van der Waals surface area (Å²) in [5.74, 6) is 2.79. The number of esters is 2. The minimum Gasteiger partial charge on any atom is -0.427 e. The summed E-state index contributed by atoms with van der Waals surface area (Å²) in [6, 6.07) is 4.81. The number of benzene rings is 1. The SMILES string of the molecule is CC(=O)Oc1ccc(C#C[Si](C)(C)C)c(OC(C)=O)c1. The highest BCUT2D eigenvalue weighted by Crippen LogP contribution is 2.25. The lowest BCUT2D eigenvalue weighted by molar-refractivity contribution is -0.132. The third kappa shape index (κ3) is 5.72. The van der Waals surface area contributed by atoms with Crippen LogP contribution < -0.4 is 9.47 Å². The van der Waals surface area contributed by atoms with E-state index in [1.54, 1.807) is 12.1 Å². The molecule has 0 spiro atoms. The maximum Gasteiger partial charge on any atom is 0.308 e. The van der Waals surface area contributed by atoms with Crippen molar-refractivity contribution in [2.24, 2.45) is 0 Å². The molecule has 0 saturated heterocycles. The zero-order valence-corrected chi connectivity index (χ0v) is 13.4. The summed E-state index contributed by atoms with van der Waals surface area (Å²) in [5, 5.41) is 0. The van der Waals surface area contributed by atoms with E-state index in [2.05, 4.69) is 31.1 Å². The molecule has 0 saturated carbocycles. The lowest BCUT2D eigenvalue weighted by atomic mass is 10.2. The van der Waals surface area contributed by atoms with Crippen molar-refractivity contribution in [2.45, 2.75) is 33.5 Å². The summed E-state index contributed by atoms with van der Waals surface area (Å²) in [6.45, 7) is 8.99. The van der Waals surface area contributed by atoms with Gasteiger partial charge in [-0.2, -0.15) is 0 Å². The summed E-state index contributed by atoms with van der Waals surface area (Å²) in [7, 11) is -1.53. The van der Waals surface area contributed by atoms with Crippen molar-refractivity contribution in [3.05, 3.63) is 23.8 Å². The molecular formula is C15H18O4Si. The van der Waals surface area contributed by atoms with E-state index in [0.717, 1.165) is 0 Å². The molecule has 1 aromatic carbocycles. The smallest absolute Gasteiger partial charge is 0.308 e. The second-order valence-electron chi connectivity index (χ2n) is 5.35. The van der Waals surface area contributed by atoms with Gasteiger partial charge in [0.25, 0.3) is 0 Å². The first-order valence-electron chi connectivity index (χ1n) is 6.21. The molecule has 0 aliphatic heterocycles. The molecule has 0 aliphatic carbocycles. The summed E-state index contributed by atoms with van der Waals surface area (Å²) >= 11 is 0. The van der Waals surface area contributed by atoms with Crippen molar-refractivity contribution < 1.29 is 19.1 Å². The normalized spacial score (nSPS) is 10.2.